The summed E-state index contributed by atoms with van der Waals surface area (Å²) in [6.45, 7) is 3.79. The molecule has 3 rings (SSSR count). The van der Waals surface area contributed by atoms with Crippen LogP contribution in [0.2, 0.25) is 5.02 Å². The maximum absolute atomic E-state index is 13.3. The molecule has 0 aliphatic carbocycles. The van der Waals surface area contributed by atoms with E-state index in [1.807, 2.05) is 50.3 Å². The topological polar surface area (TPSA) is 17.8 Å². The number of hydrogen-bond donors (Lipinski definition) is 0. The van der Waals surface area contributed by atoms with Crippen LogP contribution < -0.4 is 0 Å². The Hall–Kier alpha value is -2.39. The largest absolute Gasteiger partial charge is 0.236 e. The van der Waals surface area contributed by atoms with Crippen LogP contribution in [0.5, 0.6) is 0 Å². The van der Waals surface area contributed by atoms with E-state index in [0.717, 1.165) is 28.2 Å². The third kappa shape index (κ3) is 3.20. The van der Waals surface area contributed by atoms with Crippen LogP contribution >= 0.6 is 11.6 Å². The van der Waals surface area contributed by atoms with E-state index in [1.165, 1.54) is 12.1 Å². The quantitative estimate of drug-likeness (QED) is 0.594. The highest BCUT2D eigenvalue weighted by Gasteiger charge is 2.14. The predicted molar refractivity (Wildman–Crippen MR) is 92.8 cm³/mol. The van der Waals surface area contributed by atoms with Crippen molar-refractivity contribution in [2.45, 2.75) is 13.8 Å². The first-order valence-electron chi connectivity index (χ1n) is 7.31. The summed E-state index contributed by atoms with van der Waals surface area (Å²) < 4.78 is 15.1. The average molecular weight is 327 g/mol. The Balaban J connectivity index is 2.19. The monoisotopic (exact) mass is 326 g/mol. The third-order valence-electron chi connectivity index (χ3n) is 3.67. The molecule has 1 heterocycles. The molecule has 0 radical (unpaired) electrons. The summed E-state index contributed by atoms with van der Waals surface area (Å²) in [6.07, 6.45) is 2.02. The first-order valence-corrected chi connectivity index (χ1v) is 7.69. The van der Waals surface area contributed by atoms with Crippen LogP contribution in [0.3, 0.4) is 0 Å². The van der Waals surface area contributed by atoms with Crippen LogP contribution in [0.25, 0.3) is 11.8 Å². The van der Waals surface area contributed by atoms with E-state index in [4.69, 9.17) is 11.6 Å². The number of hydrogen-bond acceptors (Lipinski definition) is 1. The van der Waals surface area contributed by atoms with Crippen molar-refractivity contribution in [3.63, 3.8) is 0 Å². The van der Waals surface area contributed by atoms with Gasteiger partial charge in [-0.15, -0.1) is 0 Å². The zero-order valence-electron chi connectivity index (χ0n) is 12.9. The fraction of sp³-hybridized carbons (Fsp3) is 0.105. The van der Waals surface area contributed by atoms with Crippen molar-refractivity contribution in [2.24, 2.45) is 0 Å². The van der Waals surface area contributed by atoms with Crippen molar-refractivity contribution in [2.75, 3.05) is 0 Å². The Morgan fingerprint density at radius 1 is 1.04 bits per heavy atom. The van der Waals surface area contributed by atoms with E-state index in [-0.39, 0.29) is 5.82 Å². The number of aromatic nitrogens is 2. The van der Waals surface area contributed by atoms with Gasteiger partial charge in [0.1, 0.15) is 5.82 Å². The van der Waals surface area contributed by atoms with Crippen LogP contribution in [0.15, 0.2) is 54.6 Å². The molecule has 0 amide bonds. The Labute approximate surface area is 139 Å². The van der Waals surface area contributed by atoms with Gasteiger partial charge in [0.2, 0.25) is 0 Å². The molecule has 0 saturated carbocycles. The molecule has 0 unspecified atom stereocenters. The summed E-state index contributed by atoms with van der Waals surface area (Å²) in [5.74, 6) is -0.265. The van der Waals surface area contributed by atoms with Gasteiger partial charge in [0, 0.05) is 5.56 Å². The molecule has 0 aliphatic heterocycles. The van der Waals surface area contributed by atoms with Crippen molar-refractivity contribution in [3.05, 3.63) is 88.0 Å². The van der Waals surface area contributed by atoms with E-state index >= 15 is 0 Å². The molecule has 3 aromatic rings. The lowest BCUT2D eigenvalue weighted by atomic mass is 10.1. The van der Waals surface area contributed by atoms with E-state index in [1.54, 1.807) is 16.8 Å². The molecular weight excluding hydrogens is 311 g/mol. The maximum atomic E-state index is 13.3. The molecule has 23 heavy (non-hydrogen) atoms. The highest BCUT2D eigenvalue weighted by atomic mass is 35.5. The first kappa shape index (κ1) is 15.5. The fourth-order valence-corrected chi connectivity index (χ4v) is 2.57. The number of rotatable bonds is 3. The molecule has 0 bridgehead atoms. The molecule has 4 heteroatoms. The number of aryl methyl sites for hydroxylation is 1. The Morgan fingerprint density at radius 3 is 2.26 bits per heavy atom. The smallest absolute Gasteiger partial charge is 0.123 e. The second-order valence-corrected chi connectivity index (χ2v) is 5.72. The lowest BCUT2D eigenvalue weighted by Crippen LogP contribution is -2.03. The van der Waals surface area contributed by atoms with Gasteiger partial charge in [0.25, 0.3) is 0 Å². The standard InChI is InChI=1S/C19H16ClFN2/c1-13-19(20)14(2)23(22-13)18(12-15-6-4-3-5-7-15)16-8-10-17(21)11-9-16/h3-12H,1-2H3. The first-order chi connectivity index (χ1) is 11.1. The molecule has 116 valence electrons. The summed E-state index contributed by atoms with van der Waals surface area (Å²) in [7, 11) is 0. The van der Waals surface area contributed by atoms with E-state index < -0.39 is 0 Å². The summed E-state index contributed by atoms with van der Waals surface area (Å²) in [5.41, 5.74) is 4.39. The highest BCUT2D eigenvalue weighted by molar-refractivity contribution is 6.31. The lowest BCUT2D eigenvalue weighted by Gasteiger charge is -2.11. The summed E-state index contributed by atoms with van der Waals surface area (Å²) in [4.78, 5) is 0. The van der Waals surface area contributed by atoms with Gasteiger partial charge in [-0.25, -0.2) is 9.07 Å². The minimum absolute atomic E-state index is 0.265. The molecule has 0 atom stereocenters. The van der Waals surface area contributed by atoms with Gasteiger partial charge in [0.15, 0.2) is 0 Å². The normalized spacial score (nSPS) is 11.7. The van der Waals surface area contributed by atoms with Gasteiger partial charge in [0.05, 0.1) is 22.1 Å². The Bertz CT molecular complexity index is 849. The molecule has 0 spiro atoms. The molecule has 0 N–H and O–H groups in total. The number of benzene rings is 2. The molecule has 0 fully saturated rings. The van der Waals surface area contributed by atoms with Gasteiger partial charge in [-0.3, -0.25) is 0 Å². The van der Waals surface area contributed by atoms with Crippen molar-refractivity contribution in [1.82, 2.24) is 9.78 Å². The fourth-order valence-electron chi connectivity index (χ4n) is 2.45. The van der Waals surface area contributed by atoms with Crippen molar-refractivity contribution in [1.29, 1.82) is 0 Å². The summed E-state index contributed by atoms with van der Waals surface area (Å²) in [6, 6.07) is 16.3. The third-order valence-corrected chi connectivity index (χ3v) is 4.22. The average Bonchev–Trinajstić information content (AvgIpc) is 2.82. The minimum atomic E-state index is -0.265. The minimum Gasteiger partial charge on any atom is -0.236 e. The van der Waals surface area contributed by atoms with Crippen LogP contribution in [-0.4, -0.2) is 9.78 Å². The molecular formula is C19H16ClFN2. The van der Waals surface area contributed by atoms with E-state index in [9.17, 15) is 4.39 Å². The Morgan fingerprint density at radius 2 is 1.70 bits per heavy atom. The predicted octanol–water partition coefficient (Wildman–Crippen LogP) is 5.34. The maximum Gasteiger partial charge on any atom is 0.123 e. The van der Waals surface area contributed by atoms with Gasteiger partial charge in [-0.2, -0.15) is 5.10 Å². The van der Waals surface area contributed by atoms with Gasteiger partial charge in [-0.05, 0) is 49.8 Å². The number of nitrogens with zero attached hydrogens (tertiary/aromatic N) is 2. The van der Waals surface area contributed by atoms with Crippen LogP contribution in [0, 0.1) is 19.7 Å². The number of halogens is 2. The molecule has 0 aliphatic rings. The van der Waals surface area contributed by atoms with Gasteiger partial charge >= 0.3 is 0 Å². The summed E-state index contributed by atoms with van der Waals surface area (Å²) >= 11 is 6.29. The van der Waals surface area contributed by atoms with Gasteiger partial charge in [-0.1, -0.05) is 41.9 Å². The van der Waals surface area contributed by atoms with Gasteiger partial charge < -0.3 is 0 Å². The lowest BCUT2D eigenvalue weighted by molar-refractivity contribution is 0.627. The molecule has 1 aromatic heterocycles. The Kier molecular flexibility index (Phi) is 4.30. The SMILES string of the molecule is Cc1nn(C(=Cc2ccccc2)c2ccc(F)cc2)c(C)c1Cl. The summed E-state index contributed by atoms with van der Waals surface area (Å²) in [5, 5.41) is 5.17. The van der Waals surface area contributed by atoms with Crippen molar-refractivity contribution >= 4 is 23.4 Å². The molecule has 2 nitrogen and oxygen atoms in total. The van der Waals surface area contributed by atoms with Crippen LogP contribution in [0.1, 0.15) is 22.5 Å². The second-order valence-electron chi connectivity index (χ2n) is 5.34. The van der Waals surface area contributed by atoms with Crippen LogP contribution in [-0.2, 0) is 0 Å². The van der Waals surface area contributed by atoms with E-state index in [2.05, 4.69) is 5.10 Å². The van der Waals surface area contributed by atoms with Crippen LogP contribution in [0.4, 0.5) is 4.39 Å². The van der Waals surface area contributed by atoms with Crippen molar-refractivity contribution in [3.8, 4) is 0 Å². The highest BCUT2D eigenvalue weighted by Crippen LogP contribution is 2.27. The zero-order valence-corrected chi connectivity index (χ0v) is 13.7. The van der Waals surface area contributed by atoms with E-state index in [0.29, 0.717) is 5.02 Å². The second kappa shape index (κ2) is 6.39. The van der Waals surface area contributed by atoms with Crippen molar-refractivity contribution < 1.29 is 4.39 Å². The molecule has 0 saturated heterocycles. The molecule has 2 aromatic carbocycles. The zero-order chi connectivity index (χ0) is 16.4.